The summed E-state index contributed by atoms with van der Waals surface area (Å²) in [4.78, 5) is 19.5. The zero-order valence-electron chi connectivity index (χ0n) is 17.5. The van der Waals surface area contributed by atoms with E-state index in [4.69, 9.17) is 9.47 Å². The number of nitrogens with one attached hydrogen (secondary N) is 1. The Bertz CT molecular complexity index is 1090. The van der Waals surface area contributed by atoms with Gasteiger partial charge in [-0.25, -0.2) is 9.50 Å². The third-order valence-corrected chi connectivity index (χ3v) is 5.75. The first-order valence-corrected chi connectivity index (χ1v) is 10.1. The van der Waals surface area contributed by atoms with Gasteiger partial charge in [-0.3, -0.25) is 14.8 Å². The first-order chi connectivity index (χ1) is 14.0. The molecule has 1 aliphatic heterocycles. The van der Waals surface area contributed by atoms with Crippen molar-refractivity contribution in [2.75, 3.05) is 26.8 Å². The Morgan fingerprint density at radius 1 is 1.24 bits per heavy atom. The van der Waals surface area contributed by atoms with Gasteiger partial charge in [0.05, 0.1) is 13.7 Å². The number of benzene rings is 1. The van der Waals surface area contributed by atoms with Crippen LogP contribution in [0.2, 0.25) is 0 Å². The fraction of sp³-hybridized carbons (Fsp3) is 0.455. The third-order valence-electron chi connectivity index (χ3n) is 5.75. The van der Waals surface area contributed by atoms with E-state index in [1.54, 1.807) is 11.6 Å². The van der Waals surface area contributed by atoms with Gasteiger partial charge in [-0.2, -0.15) is 0 Å². The number of nitrogens with zero attached hydrogens (tertiary/aromatic N) is 3. The lowest BCUT2D eigenvalue weighted by molar-refractivity contribution is 0.307. The maximum atomic E-state index is 12.5. The normalized spacial score (nSPS) is 17.2. The van der Waals surface area contributed by atoms with Gasteiger partial charge in [-0.1, -0.05) is 6.07 Å². The van der Waals surface area contributed by atoms with Crippen LogP contribution in [0.25, 0.3) is 5.65 Å². The van der Waals surface area contributed by atoms with Crippen molar-refractivity contribution in [1.29, 1.82) is 0 Å². The SMILES string of the molecule is CCOc1ccc(CN2CCC(c3cc4nc(C)c(C)c(=O)n4[nH]3)C2)cc1OC. The van der Waals surface area contributed by atoms with Crippen molar-refractivity contribution in [1.82, 2.24) is 19.5 Å². The molecule has 0 aliphatic carbocycles. The van der Waals surface area contributed by atoms with E-state index in [0.717, 1.165) is 48.9 Å². The summed E-state index contributed by atoms with van der Waals surface area (Å²) in [5, 5.41) is 3.28. The van der Waals surface area contributed by atoms with Crippen molar-refractivity contribution < 1.29 is 9.47 Å². The molecule has 1 fully saturated rings. The van der Waals surface area contributed by atoms with Gasteiger partial charge in [0.2, 0.25) is 0 Å². The van der Waals surface area contributed by atoms with Crippen LogP contribution in [0.4, 0.5) is 0 Å². The van der Waals surface area contributed by atoms with E-state index in [2.05, 4.69) is 27.1 Å². The van der Waals surface area contributed by atoms with Crippen LogP contribution in [0, 0.1) is 13.8 Å². The maximum absolute atomic E-state index is 12.5. The zero-order chi connectivity index (χ0) is 20.5. The Labute approximate surface area is 170 Å². The lowest BCUT2D eigenvalue weighted by Crippen LogP contribution is -2.20. The standard InChI is InChI=1S/C22H28N4O3/c1-5-29-19-7-6-16(10-20(19)28-4)12-25-9-8-17(13-25)18-11-21-23-15(3)14(2)22(27)26(21)24-18/h6-7,10-11,17,24H,5,8-9,12-13H2,1-4H3. The smallest absolute Gasteiger partial charge is 0.275 e. The minimum Gasteiger partial charge on any atom is -0.493 e. The molecular formula is C22H28N4O3. The molecule has 1 N–H and O–H groups in total. The second kappa shape index (κ2) is 7.91. The van der Waals surface area contributed by atoms with Crippen LogP contribution in [0.3, 0.4) is 0 Å². The fourth-order valence-corrected chi connectivity index (χ4v) is 4.02. The van der Waals surface area contributed by atoms with Gasteiger partial charge in [0.1, 0.15) is 0 Å². The molecule has 1 atom stereocenters. The summed E-state index contributed by atoms with van der Waals surface area (Å²) >= 11 is 0. The first kappa shape index (κ1) is 19.5. The van der Waals surface area contributed by atoms with Gasteiger partial charge >= 0.3 is 0 Å². The third kappa shape index (κ3) is 3.74. The van der Waals surface area contributed by atoms with Gasteiger partial charge < -0.3 is 9.47 Å². The van der Waals surface area contributed by atoms with E-state index in [-0.39, 0.29) is 5.56 Å². The number of aryl methyl sites for hydroxylation is 1. The van der Waals surface area contributed by atoms with E-state index in [9.17, 15) is 4.79 Å². The van der Waals surface area contributed by atoms with Crippen molar-refractivity contribution in [2.24, 2.45) is 0 Å². The Morgan fingerprint density at radius 2 is 2.07 bits per heavy atom. The van der Waals surface area contributed by atoms with E-state index < -0.39 is 0 Å². The molecular weight excluding hydrogens is 368 g/mol. The highest BCUT2D eigenvalue weighted by atomic mass is 16.5. The van der Waals surface area contributed by atoms with E-state index in [1.807, 2.05) is 32.9 Å². The molecule has 3 aromatic rings. The molecule has 0 bridgehead atoms. The van der Waals surface area contributed by atoms with Crippen LogP contribution in [0.15, 0.2) is 29.1 Å². The van der Waals surface area contributed by atoms with Crippen LogP contribution in [0.1, 0.15) is 41.8 Å². The number of hydrogen-bond acceptors (Lipinski definition) is 5. The number of likely N-dealkylation sites (tertiary alicyclic amines) is 1. The number of rotatable bonds is 6. The molecule has 2 aromatic heterocycles. The highest BCUT2D eigenvalue weighted by Crippen LogP contribution is 2.31. The Kier molecular flexibility index (Phi) is 5.32. The Hall–Kier alpha value is -2.80. The predicted octanol–water partition coefficient (Wildman–Crippen LogP) is 3.04. The highest BCUT2D eigenvalue weighted by Gasteiger charge is 2.26. The predicted molar refractivity (Wildman–Crippen MR) is 112 cm³/mol. The molecule has 1 aliphatic rings. The average Bonchev–Trinajstić information content (AvgIpc) is 3.34. The summed E-state index contributed by atoms with van der Waals surface area (Å²) in [5.74, 6) is 1.91. The second-order valence-electron chi connectivity index (χ2n) is 7.67. The minimum absolute atomic E-state index is 0.0184. The molecule has 1 saturated heterocycles. The summed E-state index contributed by atoms with van der Waals surface area (Å²) in [7, 11) is 1.67. The van der Waals surface area contributed by atoms with Crippen molar-refractivity contribution >= 4 is 5.65 Å². The van der Waals surface area contributed by atoms with Crippen LogP contribution >= 0.6 is 0 Å². The summed E-state index contributed by atoms with van der Waals surface area (Å²) in [6.45, 7) is 9.09. The molecule has 1 unspecified atom stereocenters. The van der Waals surface area contributed by atoms with Gasteiger partial charge in [0.25, 0.3) is 5.56 Å². The van der Waals surface area contributed by atoms with Gasteiger partial charge in [-0.05, 0) is 51.4 Å². The molecule has 0 radical (unpaired) electrons. The molecule has 7 nitrogen and oxygen atoms in total. The minimum atomic E-state index is -0.0184. The number of methoxy groups -OCH3 is 1. The highest BCUT2D eigenvalue weighted by molar-refractivity contribution is 5.44. The summed E-state index contributed by atoms with van der Waals surface area (Å²) in [6, 6.07) is 8.14. The monoisotopic (exact) mass is 396 g/mol. The molecule has 29 heavy (non-hydrogen) atoms. The molecule has 1 aromatic carbocycles. The first-order valence-electron chi connectivity index (χ1n) is 10.1. The molecule has 154 valence electrons. The van der Waals surface area contributed by atoms with E-state index >= 15 is 0 Å². The summed E-state index contributed by atoms with van der Waals surface area (Å²) < 4.78 is 12.6. The van der Waals surface area contributed by atoms with Crippen LogP contribution in [-0.4, -0.2) is 46.3 Å². The number of H-pyrrole nitrogens is 1. The van der Waals surface area contributed by atoms with E-state index in [0.29, 0.717) is 23.7 Å². The second-order valence-corrected chi connectivity index (χ2v) is 7.67. The molecule has 7 heteroatoms. The number of fused-ring (bicyclic) bond motifs is 1. The number of hydrogen-bond donors (Lipinski definition) is 1. The number of ether oxygens (including phenoxy) is 2. The number of aromatic nitrogens is 3. The largest absolute Gasteiger partial charge is 0.493 e. The van der Waals surface area contributed by atoms with Crippen molar-refractivity contribution in [3.8, 4) is 11.5 Å². The van der Waals surface area contributed by atoms with Crippen molar-refractivity contribution in [2.45, 2.75) is 39.7 Å². The van der Waals surface area contributed by atoms with Crippen LogP contribution < -0.4 is 15.0 Å². The van der Waals surface area contributed by atoms with Crippen molar-refractivity contribution in [3.05, 3.63) is 57.1 Å². The number of aromatic amines is 1. The Morgan fingerprint density at radius 3 is 2.83 bits per heavy atom. The topological polar surface area (TPSA) is 71.9 Å². The molecule has 0 amide bonds. The lowest BCUT2D eigenvalue weighted by atomic mass is 10.1. The van der Waals surface area contributed by atoms with Gasteiger partial charge in [-0.15, -0.1) is 0 Å². The van der Waals surface area contributed by atoms with Crippen LogP contribution in [-0.2, 0) is 6.54 Å². The maximum Gasteiger partial charge on any atom is 0.275 e. The lowest BCUT2D eigenvalue weighted by Gasteiger charge is -2.17. The van der Waals surface area contributed by atoms with Gasteiger partial charge in [0.15, 0.2) is 17.1 Å². The Balaban J connectivity index is 1.49. The summed E-state index contributed by atoms with van der Waals surface area (Å²) in [6.07, 6.45) is 1.05. The molecule has 3 heterocycles. The fourth-order valence-electron chi connectivity index (χ4n) is 4.02. The zero-order valence-corrected chi connectivity index (χ0v) is 17.5. The summed E-state index contributed by atoms with van der Waals surface area (Å²) in [5.41, 5.74) is 4.43. The van der Waals surface area contributed by atoms with E-state index in [1.165, 1.54) is 5.56 Å². The average molecular weight is 396 g/mol. The van der Waals surface area contributed by atoms with Gasteiger partial charge in [0, 0.05) is 42.0 Å². The molecule has 0 spiro atoms. The van der Waals surface area contributed by atoms with Crippen molar-refractivity contribution in [3.63, 3.8) is 0 Å². The quantitative estimate of drug-likeness (QED) is 0.693. The molecule has 4 rings (SSSR count). The van der Waals surface area contributed by atoms with Crippen LogP contribution in [0.5, 0.6) is 11.5 Å². The molecule has 0 saturated carbocycles.